The fourth-order valence-corrected chi connectivity index (χ4v) is 4.46. The molecule has 0 bridgehead atoms. The maximum absolute atomic E-state index is 6.07. The summed E-state index contributed by atoms with van der Waals surface area (Å²) in [4.78, 5) is 8.74. The number of nitrogens with zero attached hydrogens (tertiary/aromatic N) is 6. The largest absolute Gasteiger partial charge is 0.270 e. The molecule has 0 spiro atoms. The Morgan fingerprint density at radius 2 is 1.81 bits per heavy atom. The Kier molecular flexibility index (Phi) is 4.39. The minimum atomic E-state index is 0.539. The second kappa shape index (κ2) is 7.03. The summed E-state index contributed by atoms with van der Waals surface area (Å²) < 4.78 is 7.36. The van der Waals surface area contributed by atoms with Gasteiger partial charge < -0.3 is 0 Å². The average Bonchev–Trinajstić information content (AvgIpc) is 3.31. The van der Waals surface area contributed by atoms with Crippen LogP contribution in [0.2, 0.25) is 5.02 Å². The number of hydrogen-bond donors (Lipinski definition) is 0. The zero-order valence-corrected chi connectivity index (χ0v) is 16.4. The first-order chi connectivity index (χ1) is 13.3. The molecule has 3 aromatic heterocycles. The predicted molar refractivity (Wildman–Crippen MR) is 106 cm³/mol. The Bertz CT molecular complexity index is 1070. The molecule has 1 saturated carbocycles. The lowest BCUT2D eigenvalue weighted by molar-refractivity contribution is 0.883. The Morgan fingerprint density at radius 1 is 1.04 bits per heavy atom. The molecule has 1 aliphatic carbocycles. The summed E-state index contributed by atoms with van der Waals surface area (Å²) >= 11 is 8.96. The molecule has 6 nitrogen and oxygen atoms in total. The molecule has 0 aliphatic heterocycles. The van der Waals surface area contributed by atoms with E-state index in [1.807, 2.05) is 41.0 Å². The van der Waals surface area contributed by atoms with E-state index in [1.54, 1.807) is 12.4 Å². The van der Waals surface area contributed by atoms with E-state index in [9.17, 15) is 0 Å². The smallest absolute Gasteiger partial charge is 0.203 e. The Labute approximate surface area is 168 Å². The first-order valence-electron chi connectivity index (χ1n) is 8.41. The van der Waals surface area contributed by atoms with E-state index in [-0.39, 0.29) is 0 Å². The van der Waals surface area contributed by atoms with E-state index in [0.29, 0.717) is 10.9 Å². The number of benzene rings is 1. The van der Waals surface area contributed by atoms with Gasteiger partial charge in [0.2, 0.25) is 5.16 Å². The molecule has 134 valence electrons. The van der Waals surface area contributed by atoms with Crippen LogP contribution in [-0.4, -0.2) is 29.1 Å². The van der Waals surface area contributed by atoms with E-state index < -0.39 is 0 Å². The lowest BCUT2D eigenvalue weighted by atomic mass is 10.2. The molecule has 5 rings (SSSR count). The van der Waals surface area contributed by atoms with Gasteiger partial charge in [-0.3, -0.25) is 9.55 Å². The second-order valence-corrected chi connectivity index (χ2v) is 8.55. The molecule has 0 amide bonds. The van der Waals surface area contributed by atoms with Gasteiger partial charge in [-0.1, -0.05) is 11.6 Å². The predicted octanol–water partition coefficient (Wildman–Crippen LogP) is 4.86. The van der Waals surface area contributed by atoms with Gasteiger partial charge >= 0.3 is 0 Å². The number of aromatic nitrogens is 6. The van der Waals surface area contributed by atoms with Crippen molar-refractivity contribution in [1.29, 1.82) is 0 Å². The average molecular weight is 413 g/mol. The number of hydrogen-bond acceptors (Lipinski definition) is 7. The Balaban J connectivity index is 1.57. The molecule has 0 atom stereocenters. The highest BCUT2D eigenvalue weighted by Crippen LogP contribution is 2.41. The number of rotatable bonds is 5. The van der Waals surface area contributed by atoms with Crippen LogP contribution in [0.3, 0.4) is 0 Å². The van der Waals surface area contributed by atoms with Gasteiger partial charge in [0.1, 0.15) is 5.82 Å². The third-order valence-corrected chi connectivity index (χ3v) is 6.17. The lowest BCUT2D eigenvalue weighted by Gasteiger charge is -2.09. The molecular weight excluding hydrogens is 400 g/mol. The Morgan fingerprint density at radius 3 is 2.56 bits per heavy atom. The molecule has 0 N–H and O–H groups in total. The summed E-state index contributed by atoms with van der Waals surface area (Å²) in [6, 6.07) is 11.5. The van der Waals surface area contributed by atoms with Gasteiger partial charge in [-0.05, 0) is 72.5 Å². The molecule has 3 heterocycles. The zero-order chi connectivity index (χ0) is 18.2. The monoisotopic (exact) mass is 412 g/mol. The molecule has 4 aromatic rings. The van der Waals surface area contributed by atoms with E-state index in [1.165, 1.54) is 36.1 Å². The summed E-state index contributed by atoms with van der Waals surface area (Å²) in [6.07, 6.45) is 5.87. The molecule has 0 radical (unpaired) electrons. The molecule has 1 aliphatic rings. The van der Waals surface area contributed by atoms with Crippen molar-refractivity contribution in [2.75, 3.05) is 0 Å². The standard InChI is InChI=1S/C18H13ClN6S2/c19-13-3-5-14(6-4-13)25-16(12-7-9-20-10-8-12)22-23-17(25)26-18-21-15(24-27-18)11-1-2-11/h3-11H,1-2H2. The molecule has 1 fully saturated rings. The van der Waals surface area contributed by atoms with Crippen molar-refractivity contribution in [3.05, 3.63) is 59.6 Å². The summed E-state index contributed by atoms with van der Waals surface area (Å²) in [7, 11) is 0. The second-order valence-electron chi connectivity index (χ2n) is 6.15. The van der Waals surface area contributed by atoms with Crippen molar-refractivity contribution >= 4 is 34.9 Å². The van der Waals surface area contributed by atoms with Crippen LogP contribution >= 0.6 is 34.9 Å². The van der Waals surface area contributed by atoms with E-state index in [2.05, 4.69) is 24.5 Å². The third kappa shape index (κ3) is 3.47. The minimum absolute atomic E-state index is 0.539. The summed E-state index contributed by atoms with van der Waals surface area (Å²) in [5.74, 6) is 2.24. The highest BCUT2D eigenvalue weighted by atomic mass is 35.5. The van der Waals surface area contributed by atoms with Gasteiger partial charge in [0.05, 0.1) is 0 Å². The van der Waals surface area contributed by atoms with Gasteiger partial charge in [-0.2, -0.15) is 4.37 Å². The SMILES string of the molecule is Clc1ccc(-n2c(Sc3nc(C4CC4)ns3)nnc2-c2ccncc2)cc1. The topological polar surface area (TPSA) is 69.4 Å². The van der Waals surface area contributed by atoms with Crippen molar-refractivity contribution in [2.24, 2.45) is 0 Å². The highest BCUT2D eigenvalue weighted by molar-refractivity contribution is 8.00. The molecule has 0 unspecified atom stereocenters. The normalized spacial score (nSPS) is 13.8. The summed E-state index contributed by atoms with van der Waals surface area (Å²) in [5.41, 5.74) is 1.88. The molecule has 9 heteroatoms. The summed E-state index contributed by atoms with van der Waals surface area (Å²) in [5, 5.41) is 10.3. The number of pyridine rings is 1. The highest BCUT2D eigenvalue weighted by Gasteiger charge is 2.28. The van der Waals surface area contributed by atoms with Gasteiger partial charge in [-0.15, -0.1) is 10.2 Å². The first-order valence-corrected chi connectivity index (χ1v) is 10.4. The lowest BCUT2D eigenvalue weighted by Crippen LogP contribution is -1.99. The van der Waals surface area contributed by atoms with Crippen LogP contribution in [0.5, 0.6) is 0 Å². The minimum Gasteiger partial charge on any atom is -0.270 e. The van der Waals surface area contributed by atoms with Crippen molar-refractivity contribution in [3.63, 3.8) is 0 Å². The molecule has 0 saturated heterocycles. The van der Waals surface area contributed by atoms with Crippen molar-refractivity contribution in [2.45, 2.75) is 28.3 Å². The molecule has 27 heavy (non-hydrogen) atoms. The van der Waals surface area contributed by atoms with Gasteiger partial charge in [0.15, 0.2) is 10.2 Å². The van der Waals surface area contributed by atoms with E-state index in [0.717, 1.165) is 32.4 Å². The van der Waals surface area contributed by atoms with Crippen LogP contribution < -0.4 is 0 Å². The third-order valence-electron chi connectivity index (χ3n) is 4.20. The maximum Gasteiger partial charge on any atom is 0.203 e. The van der Waals surface area contributed by atoms with Gasteiger partial charge in [-0.25, -0.2) is 4.98 Å². The fraction of sp³-hybridized carbons (Fsp3) is 0.167. The Hall–Kier alpha value is -2.29. The summed E-state index contributed by atoms with van der Waals surface area (Å²) in [6.45, 7) is 0. The quantitative estimate of drug-likeness (QED) is 0.466. The van der Waals surface area contributed by atoms with Crippen molar-refractivity contribution in [3.8, 4) is 17.1 Å². The van der Waals surface area contributed by atoms with E-state index >= 15 is 0 Å². The van der Waals surface area contributed by atoms with Crippen LogP contribution in [0, 0.1) is 0 Å². The van der Waals surface area contributed by atoms with Crippen LogP contribution in [0.25, 0.3) is 17.1 Å². The van der Waals surface area contributed by atoms with Crippen LogP contribution in [0.1, 0.15) is 24.6 Å². The van der Waals surface area contributed by atoms with E-state index in [4.69, 9.17) is 11.6 Å². The zero-order valence-electron chi connectivity index (χ0n) is 14.0. The molecule has 1 aromatic carbocycles. The van der Waals surface area contributed by atoms with Crippen LogP contribution in [0.4, 0.5) is 0 Å². The number of halogens is 1. The van der Waals surface area contributed by atoms with Crippen LogP contribution in [0.15, 0.2) is 58.3 Å². The van der Waals surface area contributed by atoms with Crippen molar-refractivity contribution in [1.82, 2.24) is 29.1 Å². The maximum atomic E-state index is 6.07. The fourth-order valence-electron chi connectivity index (χ4n) is 2.69. The van der Waals surface area contributed by atoms with Gasteiger partial charge in [0.25, 0.3) is 0 Å². The van der Waals surface area contributed by atoms with Crippen molar-refractivity contribution < 1.29 is 0 Å². The van der Waals surface area contributed by atoms with Crippen LogP contribution in [-0.2, 0) is 0 Å². The first kappa shape index (κ1) is 16.9. The molecular formula is C18H13ClN6S2. The van der Waals surface area contributed by atoms with Gasteiger partial charge in [0, 0.05) is 34.6 Å².